The van der Waals surface area contributed by atoms with Gasteiger partial charge in [-0.15, -0.1) is 15.3 Å². The molecule has 127 heavy (non-hydrogen) atoms. The molecule has 6 aliphatic rings. The first kappa shape index (κ1) is 105. The predicted molar refractivity (Wildman–Crippen MR) is 437 cm³/mol. The maximum atomic E-state index is 14.2. The fraction of sp³-hybridized carbons (Fsp3) is 0.848. The monoisotopic (exact) mass is 1880 g/mol. The Morgan fingerprint density at radius 3 is 1.00 bits per heavy atom. The molecule has 15 atom stereocenters. The molecule has 0 unspecified atom stereocenters. The summed E-state index contributed by atoms with van der Waals surface area (Å²) in [7, 11) is 0. The second kappa shape index (κ2) is 56.7. The van der Waals surface area contributed by atoms with Crippen LogP contribution in [0.15, 0.2) is 18.6 Å². The largest absolute Gasteiger partial charge is 0.388 e. The highest BCUT2D eigenvalue weighted by Gasteiger charge is 2.62. The Morgan fingerprint density at radius 1 is 0.402 bits per heavy atom. The SMILES string of the molecule is CC(=O)N[C@H]1[C@H]2OC[C@](COCCOCCOCCOCCn3cc(COCC(COCc4cn(CCOCCOCCOCCOC[C@@]56CO[C@@H](O5)[C@H](NC(C)=O)[C@@H](O)[C@H]6O)nn4)(COCc4cn(CCOCCOCCOCCOC[C@@]56CO[C@@H](O5)[C@H](NC(C)=O)[C@@H](O)[C@H]6O)nn4)NC(=O)CCCCCCC(=O)CCCCCNC(=O)CBr)nn3)(O2)[C@H](O)[C@@H]1O. The lowest BCUT2D eigenvalue weighted by molar-refractivity contribution is -0.238. The number of hydrogen-bond donors (Lipinski definition) is 11. The summed E-state index contributed by atoms with van der Waals surface area (Å²) in [5.41, 5.74) is -3.66. The molecule has 47 nitrogen and oxygen atoms in total. The summed E-state index contributed by atoms with van der Waals surface area (Å²) >= 11 is 3.14. The maximum absolute atomic E-state index is 14.2. The van der Waals surface area contributed by atoms with E-state index < -0.39 is 114 Å². The molecular weight excluding hydrogens is 1750 g/mol. The standard InChI is InChI=1S/C79H131BrN14O33/c1-55(95)82-64-67(101)70(104)77(52-122-73(64)125-77)49-116-36-33-113-30-27-110-24-21-107-18-15-92-40-58(86-89-92)43-119-46-76(85-62(99)13-9-5-4-7-11-61(98)12-8-6-10-14-81-63(100)39-80,47-120-44-59-41-93(90-87-59)16-19-108-22-25-111-28-31-114-34-37-117-50-78-53-123-74(126-78)65(83-56(2)96)68(102)71(78)105)48-121-45-60-42-94(91-88-60)17-20-109-23-26-112-29-32-115-35-38-118-51-79-54-124-75(127-79)66(84-57(3)97)69(103)72(79)106/h40-42,64-75,101-106H,4-39,43-54H2,1-3H3,(H,81,100)(H,82,95)(H,83,96)(H,84,97)(H,85,99)/t64-,65-,66-,67-,68-,69-,70-,71-,72-,73+,74+,75+,77+,78+,79+/m1/s1. The number of aromatic nitrogens is 9. The van der Waals surface area contributed by atoms with Crippen LogP contribution in [0.2, 0.25) is 0 Å². The smallest absolute Gasteiger partial charge is 0.230 e. The van der Waals surface area contributed by atoms with Gasteiger partial charge in [0.25, 0.3) is 0 Å². The number of nitrogens with zero attached hydrogens (tertiary/aromatic N) is 9. The molecule has 722 valence electrons. The minimum absolute atomic E-state index is 0.0160. The van der Waals surface area contributed by atoms with Crippen LogP contribution in [-0.2, 0) is 168 Å². The number of alkyl halides is 1. The average Bonchev–Trinajstić information content (AvgIpc) is 1.62. The molecule has 6 fully saturated rings. The van der Waals surface area contributed by atoms with E-state index in [9.17, 15) is 59.4 Å². The van der Waals surface area contributed by atoms with Gasteiger partial charge in [0.2, 0.25) is 29.5 Å². The van der Waals surface area contributed by atoms with E-state index in [4.69, 9.17) is 99.5 Å². The number of carbonyl (C=O) groups excluding carboxylic acids is 6. The lowest BCUT2D eigenvalue weighted by atomic mass is 9.88. The Hall–Kier alpha value is -6.16. The summed E-state index contributed by atoms with van der Waals surface area (Å²) in [6.45, 7) is 10.6. The molecule has 3 aromatic heterocycles. The topological polar surface area (TPSA) is 570 Å². The molecule has 3 aromatic rings. The van der Waals surface area contributed by atoms with Gasteiger partial charge in [0.05, 0.1) is 262 Å². The lowest BCUT2D eigenvalue weighted by Crippen LogP contribution is -2.66. The van der Waals surface area contributed by atoms with Crippen molar-refractivity contribution in [3.63, 3.8) is 0 Å². The number of carbonyl (C=O) groups is 6. The molecule has 6 saturated heterocycles. The van der Waals surface area contributed by atoms with Crippen molar-refractivity contribution in [2.75, 3.05) is 210 Å². The summed E-state index contributed by atoms with van der Waals surface area (Å²) < 4.78 is 127. The van der Waals surface area contributed by atoms with Crippen molar-refractivity contribution >= 4 is 51.2 Å². The normalized spacial score (nSPS) is 25.4. The van der Waals surface area contributed by atoms with Gasteiger partial charge in [-0.05, 0) is 25.7 Å². The second-order valence-electron chi connectivity index (χ2n) is 31.7. The summed E-state index contributed by atoms with van der Waals surface area (Å²) in [5, 5.41) is 104. The molecule has 0 saturated carbocycles. The van der Waals surface area contributed by atoms with E-state index in [1.54, 1.807) is 32.6 Å². The Kier molecular flexibility index (Phi) is 46.6. The van der Waals surface area contributed by atoms with Crippen molar-refractivity contribution in [2.45, 2.75) is 220 Å². The Morgan fingerprint density at radius 2 is 0.693 bits per heavy atom. The van der Waals surface area contributed by atoms with Gasteiger partial charge in [-0.2, -0.15) is 0 Å². The minimum atomic E-state index is -1.35. The average molecular weight is 1880 g/mol. The lowest BCUT2D eigenvalue weighted by Gasteiger charge is -2.42. The quantitative estimate of drug-likeness (QED) is 0.0187. The predicted octanol–water partition coefficient (Wildman–Crippen LogP) is -4.50. The number of amides is 5. The fourth-order valence-electron chi connectivity index (χ4n) is 14.6. The number of Topliss-reactive ketones (excluding diaryl/α,β-unsaturated/α-hetero) is 1. The van der Waals surface area contributed by atoms with Gasteiger partial charge in [-0.3, -0.25) is 28.8 Å². The first-order chi connectivity index (χ1) is 61.5. The maximum Gasteiger partial charge on any atom is 0.230 e. The number of aliphatic hydroxyl groups excluding tert-OH is 6. The van der Waals surface area contributed by atoms with Gasteiger partial charge in [-0.25, -0.2) is 14.0 Å². The molecule has 0 aliphatic carbocycles. The molecule has 9 rings (SSSR count). The number of halogens is 1. The van der Waals surface area contributed by atoms with Crippen LogP contribution >= 0.6 is 15.9 Å². The molecule has 11 N–H and O–H groups in total. The van der Waals surface area contributed by atoms with Crippen molar-refractivity contribution in [1.82, 2.24) is 71.6 Å². The van der Waals surface area contributed by atoms with Crippen LogP contribution in [0.4, 0.5) is 0 Å². The van der Waals surface area contributed by atoms with Crippen LogP contribution in [0.5, 0.6) is 0 Å². The molecule has 5 amide bonds. The Balaban J connectivity index is 0.703. The molecule has 0 aromatic carbocycles. The number of fused-ring (bicyclic) bond motifs is 6. The number of hydrogen-bond acceptors (Lipinski definition) is 39. The van der Waals surface area contributed by atoms with Crippen LogP contribution < -0.4 is 26.6 Å². The highest BCUT2D eigenvalue weighted by Crippen LogP contribution is 2.40. The Labute approximate surface area is 744 Å². The van der Waals surface area contributed by atoms with Crippen LogP contribution in [-0.4, -0.2) is 417 Å². The van der Waals surface area contributed by atoms with Crippen LogP contribution in [0.3, 0.4) is 0 Å². The highest BCUT2D eigenvalue weighted by atomic mass is 79.9. The molecule has 6 aliphatic heterocycles. The van der Waals surface area contributed by atoms with Crippen molar-refractivity contribution in [3.05, 3.63) is 35.7 Å². The second-order valence-corrected chi connectivity index (χ2v) is 32.3. The third-order valence-electron chi connectivity index (χ3n) is 21.2. The third-order valence-corrected chi connectivity index (χ3v) is 21.7. The first-order valence-electron chi connectivity index (χ1n) is 43.3. The van der Waals surface area contributed by atoms with Crippen molar-refractivity contribution < 1.29 is 159 Å². The zero-order valence-corrected chi connectivity index (χ0v) is 74.3. The van der Waals surface area contributed by atoms with Crippen molar-refractivity contribution in [1.29, 1.82) is 0 Å². The zero-order valence-electron chi connectivity index (χ0n) is 72.7. The summed E-state index contributed by atoms with van der Waals surface area (Å²) in [5.74, 6) is -1.35. The number of rotatable bonds is 72. The number of aliphatic hydroxyl groups is 6. The van der Waals surface area contributed by atoms with Crippen LogP contribution in [0, 0.1) is 0 Å². The van der Waals surface area contributed by atoms with E-state index >= 15 is 0 Å². The number of ether oxygens (including phenoxy) is 21. The van der Waals surface area contributed by atoms with Crippen molar-refractivity contribution in [2.24, 2.45) is 0 Å². The van der Waals surface area contributed by atoms with E-state index in [1.807, 2.05) is 0 Å². The highest BCUT2D eigenvalue weighted by molar-refractivity contribution is 9.09. The number of unbranched alkanes of at least 4 members (excludes halogenated alkanes) is 5. The summed E-state index contributed by atoms with van der Waals surface area (Å²) in [4.78, 5) is 73.3. The first-order valence-corrected chi connectivity index (χ1v) is 44.4. The van der Waals surface area contributed by atoms with Crippen molar-refractivity contribution in [3.8, 4) is 0 Å². The van der Waals surface area contributed by atoms with E-state index in [-0.39, 0.29) is 168 Å². The van der Waals surface area contributed by atoms with Crippen LogP contribution in [0.1, 0.15) is 102 Å². The molecular formula is C79H131BrN14O33. The summed E-state index contributed by atoms with van der Waals surface area (Å²) in [6, 6.07) is -2.74. The van der Waals surface area contributed by atoms with Gasteiger partial charge < -0.3 is 157 Å². The van der Waals surface area contributed by atoms with Gasteiger partial charge in [0, 0.05) is 46.6 Å². The molecule has 0 spiro atoms. The van der Waals surface area contributed by atoms with E-state index in [0.29, 0.717) is 155 Å². The molecule has 0 radical (unpaired) electrons. The fourth-order valence-corrected chi connectivity index (χ4v) is 14.8. The van der Waals surface area contributed by atoms with E-state index in [0.717, 1.165) is 25.7 Å². The molecule has 6 bridgehead atoms. The third kappa shape index (κ3) is 35.4. The van der Waals surface area contributed by atoms with E-state index in [2.05, 4.69) is 73.5 Å². The molecule has 48 heteroatoms. The number of nitrogens with one attached hydrogen (secondary N) is 5. The van der Waals surface area contributed by atoms with Gasteiger partial charge in [0.15, 0.2) is 18.9 Å². The van der Waals surface area contributed by atoms with Crippen LogP contribution in [0.25, 0.3) is 0 Å². The summed E-state index contributed by atoms with van der Waals surface area (Å²) in [6.07, 6.45) is 0.609. The van der Waals surface area contributed by atoms with Gasteiger partial charge in [-0.1, -0.05) is 50.8 Å². The minimum Gasteiger partial charge on any atom is -0.388 e. The van der Waals surface area contributed by atoms with Gasteiger partial charge in [0.1, 0.15) is 100.0 Å². The van der Waals surface area contributed by atoms with Gasteiger partial charge >= 0.3 is 0 Å². The molecule has 9 heterocycles. The van der Waals surface area contributed by atoms with E-state index in [1.165, 1.54) is 20.8 Å². The zero-order chi connectivity index (χ0) is 90.5. The number of ketones is 1. The Bertz CT molecular complexity index is 3350.